The smallest absolute Gasteiger partial charge is 0.406 e. The minimum Gasteiger partial charge on any atom is -0.406 e. The fourth-order valence-electron chi connectivity index (χ4n) is 1.76. The minimum atomic E-state index is -4.69. The summed E-state index contributed by atoms with van der Waals surface area (Å²) in [4.78, 5) is 11.6. The molecule has 1 aromatic carbocycles. The van der Waals surface area contributed by atoms with Gasteiger partial charge in [0.15, 0.2) is 0 Å². The van der Waals surface area contributed by atoms with Gasteiger partial charge in [0.1, 0.15) is 5.75 Å². The summed E-state index contributed by atoms with van der Waals surface area (Å²) in [6.07, 6.45) is -2.73. The topological polar surface area (TPSA) is 64.4 Å². The van der Waals surface area contributed by atoms with Crippen LogP contribution in [0.4, 0.5) is 13.2 Å². The van der Waals surface area contributed by atoms with Gasteiger partial charge in [-0.1, -0.05) is 25.5 Å². The first-order valence-corrected chi connectivity index (χ1v) is 6.70. The maximum Gasteiger partial charge on any atom is 0.573 e. The third-order valence-corrected chi connectivity index (χ3v) is 2.81. The Labute approximate surface area is 121 Å². The molecule has 0 aliphatic heterocycles. The molecule has 7 heteroatoms. The van der Waals surface area contributed by atoms with E-state index in [1.165, 1.54) is 24.3 Å². The number of ether oxygens (including phenoxy) is 1. The minimum absolute atomic E-state index is 0.214. The summed E-state index contributed by atoms with van der Waals surface area (Å²) in [5, 5.41) is 2.69. The van der Waals surface area contributed by atoms with Crippen molar-refractivity contribution in [2.24, 2.45) is 5.73 Å². The average Bonchev–Trinajstić information content (AvgIpc) is 2.39. The zero-order chi connectivity index (χ0) is 15.9. The Kier molecular flexibility index (Phi) is 6.48. The van der Waals surface area contributed by atoms with Crippen molar-refractivity contribution in [2.75, 3.05) is 6.54 Å². The van der Waals surface area contributed by atoms with E-state index >= 15 is 0 Å². The number of benzene rings is 1. The van der Waals surface area contributed by atoms with E-state index in [4.69, 9.17) is 5.73 Å². The lowest BCUT2D eigenvalue weighted by Gasteiger charge is -2.11. The van der Waals surface area contributed by atoms with Crippen LogP contribution in [0.2, 0.25) is 0 Å². The van der Waals surface area contributed by atoms with Crippen LogP contribution >= 0.6 is 0 Å². The number of hydrogen-bond donors (Lipinski definition) is 2. The molecule has 1 unspecified atom stereocenters. The van der Waals surface area contributed by atoms with Gasteiger partial charge in [-0.2, -0.15) is 0 Å². The summed E-state index contributed by atoms with van der Waals surface area (Å²) in [6, 6.07) is 5.02. The first-order chi connectivity index (χ1) is 9.81. The molecule has 1 rings (SSSR count). The summed E-state index contributed by atoms with van der Waals surface area (Å²) in [5.74, 6) is -0.478. The molecule has 0 aromatic heterocycles. The van der Waals surface area contributed by atoms with Gasteiger partial charge < -0.3 is 15.8 Å². The molecule has 1 amide bonds. The number of hydrogen-bond acceptors (Lipinski definition) is 3. The molecule has 0 fully saturated rings. The number of rotatable bonds is 7. The molecule has 0 bridgehead atoms. The molecule has 0 saturated heterocycles. The largest absolute Gasteiger partial charge is 0.573 e. The van der Waals surface area contributed by atoms with Crippen molar-refractivity contribution in [1.29, 1.82) is 0 Å². The monoisotopic (exact) mass is 304 g/mol. The van der Waals surface area contributed by atoms with Gasteiger partial charge in [-0.25, -0.2) is 0 Å². The highest BCUT2D eigenvalue weighted by molar-refractivity contribution is 5.81. The van der Waals surface area contributed by atoms with Crippen LogP contribution < -0.4 is 15.8 Å². The van der Waals surface area contributed by atoms with E-state index in [-0.39, 0.29) is 11.7 Å². The van der Waals surface area contributed by atoms with Gasteiger partial charge in [-0.15, -0.1) is 13.2 Å². The summed E-state index contributed by atoms with van der Waals surface area (Å²) in [6.45, 7) is 2.33. The molecule has 0 heterocycles. The van der Waals surface area contributed by atoms with E-state index in [9.17, 15) is 18.0 Å². The van der Waals surface area contributed by atoms with Crippen molar-refractivity contribution in [3.8, 4) is 5.75 Å². The molecular formula is C14H19F3N2O2. The standard InChI is InChI=1S/C14H19F3N2O2/c1-2-3-12(18)13(20)19-9-8-10-4-6-11(7-5-10)21-14(15,16)17/h4-7,12H,2-3,8-9,18H2,1H3,(H,19,20). The number of nitrogens with one attached hydrogen (secondary N) is 1. The molecule has 0 aliphatic carbocycles. The number of carbonyl (C=O) groups excluding carboxylic acids is 1. The van der Waals surface area contributed by atoms with Gasteiger partial charge in [0.2, 0.25) is 5.91 Å². The third kappa shape index (κ3) is 6.99. The summed E-state index contributed by atoms with van der Waals surface area (Å²) >= 11 is 0. The lowest BCUT2D eigenvalue weighted by atomic mass is 10.1. The molecule has 4 nitrogen and oxygen atoms in total. The molecule has 118 valence electrons. The first kappa shape index (κ1) is 17.3. The number of halogens is 3. The summed E-state index contributed by atoms with van der Waals surface area (Å²) in [7, 11) is 0. The average molecular weight is 304 g/mol. The normalized spacial score (nSPS) is 12.8. The van der Waals surface area contributed by atoms with Crippen LogP contribution in [0.3, 0.4) is 0 Å². The van der Waals surface area contributed by atoms with Crippen molar-refractivity contribution in [2.45, 2.75) is 38.6 Å². The van der Waals surface area contributed by atoms with Crippen LogP contribution in [0.25, 0.3) is 0 Å². The van der Waals surface area contributed by atoms with Crippen LogP contribution in [0, 0.1) is 0 Å². The lowest BCUT2D eigenvalue weighted by Crippen LogP contribution is -2.41. The SMILES string of the molecule is CCCC(N)C(=O)NCCc1ccc(OC(F)(F)F)cc1. The first-order valence-electron chi connectivity index (χ1n) is 6.70. The van der Waals surface area contributed by atoms with Gasteiger partial charge in [0.25, 0.3) is 0 Å². The molecule has 0 radical (unpaired) electrons. The Hall–Kier alpha value is -1.76. The number of nitrogens with two attached hydrogens (primary N) is 1. The highest BCUT2D eigenvalue weighted by Gasteiger charge is 2.30. The second kappa shape index (κ2) is 7.87. The second-order valence-electron chi connectivity index (χ2n) is 4.63. The molecule has 0 aliphatic rings. The van der Waals surface area contributed by atoms with Crippen LogP contribution in [-0.4, -0.2) is 24.9 Å². The third-order valence-electron chi connectivity index (χ3n) is 2.81. The Balaban J connectivity index is 2.38. The Morgan fingerprint density at radius 2 is 1.95 bits per heavy atom. The van der Waals surface area contributed by atoms with E-state index in [2.05, 4.69) is 10.1 Å². The van der Waals surface area contributed by atoms with Crippen LogP contribution in [0.15, 0.2) is 24.3 Å². The molecular weight excluding hydrogens is 285 g/mol. The molecule has 1 atom stereocenters. The fourth-order valence-corrected chi connectivity index (χ4v) is 1.76. The van der Waals surface area contributed by atoms with Crippen molar-refractivity contribution in [3.05, 3.63) is 29.8 Å². The number of alkyl halides is 3. The number of carbonyl (C=O) groups is 1. The quantitative estimate of drug-likeness (QED) is 0.813. The van der Waals surface area contributed by atoms with Crippen LogP contribution in [-0.2, 0) is 11.2 Å². The molecule has 3 N–H and O–H groups in total. The van der Waals surface area contributed by atoms with Gasteiger partial charge >= 0.3 is 6.36 Å². The Bertz CT molecular complexity index is 447. The van der Waals surface area contributed by atoms with E-state index in [1.54, 1.807) is 0 Å². The van der Waals surface area contributed by atoms with Crippen molar-refractivity contribution < 1.29 is 22.7 Å². The van der Waals surface area contributed by atoms with Crippen molar-refractivity contribution in [3.63, 3.8) is 0 Å². The second-order valence-corrected chi connectivity index (χ2v) is 4.63. The zero-order valence-electron chi connectivity index (χ0n) is 11.7. The van der Waals surface area contributed by atoms with E-state index < -0.39 is 12.4 Å². The summed E-state index contributed by atoms with van der Waals surface area (Å²) < 4.78 is 39.7. The van der Waals surface area contributed by atoms with Gasteiger partial charge in [-0.3, -0.25) is 4.79 Å². The molecule has 21 heavy (non-hydrogen) atoms. The summed E-state index contributed by atoms with van der Waals surface area (Å²) in [5.41, 5.74) is 6.45. The highest BCUT2D eigenvalue weighted by Crippen LogP contribution is 2.22. The van der Waals surface area contributed by atoms with Gasteiger partial charge in [-0.05, 0) is 30.5 Å². The maximum absolute atomic E-state index is 12.0. The molecule has 1 aromatic rings. The van der Waals surface area contributed by atoms with Crippen LogP contribution in [0.5, 0.6) is 5.75 Å². The van der Waals surface area contributed by atoms with E-state index in [0.717, 1.165) is 12.0 Å². The van der Waals surface area contributed by atoms with Crippen LogP contribution in [0.1, 0.15) is 25.3 Å². The van der Waals surface area contributed by atoms with Gasteiger partial charge in [0.05, 0.1) is 6.04 Å². The van der Waals surface area contributed by atoms with Crippen molar-refractivity contribution in [1.82, 2.24) is 5.32 Å². The molecule has 0 spiro atoms. The van der Waals surface area contributed by atoms with Crippen molar-refractivity contribution >= 4 is 5.91 Å². The predicted octanol–water partition coefficient (Wildman–Crippen LogP) is 2.37. The Morgan fingerprint density at radius 1 is 1.33 bits per heavy atom. The molecule has 0 saturated carbocycles. The van der Waals surface area contributed by atoms with E-state index in [0.29, 0.717) is 19.4 Å². The maximum atomic E-state index is 12.0. The lowest BCUT2D eigenvalue weighted by molar-refractivity contribution is -0.274. The van der Waals surface area contributed by atoms with Gasteiger partial charge in [0, 0.05) is 6.54 Å². The zero-order valence-corrected chi connectivity index (χ0v) is 11.7. The van der Waals surface area contributed by atoms with E-state index in [1.807, 2.05) is 6.92 Å². The Morgan fingerprint density at radius 3 is 2.48 bits per heavy atom. The number of amides is 1. The highest BCUT2D eigenvalue weighted by atomic mass is 19.4. The predicted molar refractivity (Wildman–Crippen MR) is 72.7 cm³/mol. The fraction of sp³-hybridized carbons (Fsp3) is 0.500.